The third-order valence-electron chi connectivity index (χ3n) is 4.32. The Kier molecular flexibility index (Phi) is 3.13. The Morgan fingerprint density at radius 2 is 2.14 bits per heavy atom. The van der Waals surface area contributed by atoms with Gasteiger partial charge in [-0.2, -0.15) is 0 Å². The Hall–Kier alpha value is -0.0800. The highest BCUT2D eigenvalue weighted by Crippen LogP contribution is 2.46. The summed E-state index contributed by atoms with van der Waals surface area (Å²) in [6.45, 7) is 4.04. The van der Waals surface area contributed by atoms with E-state index in [4.69, 9.17) is 10.5 Å². The van der Waals surface area contributed by atoms with Gasteiger partial charge in [-0.25, -0.2) is 0 Å². The number of rotatable bonds is 1. The predicted octanol–water partition coefficient (Wildman–Crippen LogP) is 2.32. The first kappa shape index (κ1) is 10.4. The van der Waals surface area contributed by atoms with Crippen LogP contribution < -0.4 is 5.73 Å². The Morgan fingerprint density at radius 3 is 2.93 bits per heavy atom. The minimum absolute atomic E-state index is 0.354. The summed E-state index contributed by atoms with van der Waals surface area (Å²) in [6, 6.07) is 0. The first-order chi connectivity index (χ1) is 6.77. The standard InChI is InChI=1S/C12H23NO/c1-10-3-2-5-12(6-4-10)7-8-14-11(12)9-13/h10-11H,2-9,13H2,1H3. The molecule has 2 heteroatoms. The van der Waals surface area contributed by atoms with Crippen LogP contribution in [0.5, 0.6) is 0 Å². The Morgan fingerprint density at radius 1 is 1.29 bits per heavy atom. The predicted molar refractivity (Wildman–Crippen MR) is 58.1 cm³/mol. The van der Waals surface area contributed by atoms with Gasteiger partial charge in [0.1, 0.15) is 0 Å². The third kappa shape index (κ3) is 1.82. The monoisotopic (exact) mass is 197 g/mol. The van der Waals surface area contributed by atoms with Crippen molar-refractivity contribution in [2.24, 2.45) is 17.1 Å². The van der Waals surface area contributed by atoms with Crippen molar-refractivity contribution >= 4 is 0 Å². The summed E-state index contributed by atoms with van der Waals surface area (Å²) in [5.41, 5.74) is 6.26. The molecule has 2 nitrogen and oxygen atoms in total. The van der Waals surface area contributed by atoms with Crippen LogP contribution in [0.3, 0.4) is 0 Å². The lowest BCUT2D eigenvalue weighted by atomic mass is 9.74. The zero-order valence-corrected chi connectivity index (χ0v) is 9.30. The number of ether oxygens (including phenoxy) is 1. The molecule has 0 aromatic rings. The van der Waals surface area contributed by atoms with E-state index in [1.807, 2.05) is 0 Å². The van der Waals surface area contributed by atoms with Crippen molar-refractivity contribution in [3.8, 4) is 0 Å². The van der Waals surface area contributed by atoms with Gasteiger partial charge in [-0.1, -0.05) is 26.2 Å². The van der Waals surface area contributed by atoms with Gasteiger partial charge in [0.05, 0.1) is 6.10 Å². The van der Waals surface area contributed by atoms with Crippen molar-refractivity contribution in [3.05, 3.63) is 0 Å². The molecule has 2 fully saturated rings. The second kappa shape index (κ2) is 4.19. The fourth-order valence-corrected chi connectivity index (χ4v) is 3.24. The van der Waals surface area contributed by atoms with Crippen molar-refractivity contribution in [1.82, 2.24) is 0 Å². The van der Waals surface area contributed by atoms with Crippen LogP contribution in [0.2, 0.25) is 0 Å². The van der Waals surface area contributed by atoms with Gasteiger partial charge in [0, 0.05) is 18.6 Å². The van der Waals surface area contributed by atoms with Crippen molar-refractivity contribution < 1.29 is 4.74 Å². The van der Waals surface area contributed by atoms with Crippen LogP contribution in [0.25, 0.3) is 0 Å². The van der Waals surface area contributed by atoms with Crippen LogP contribution in [0, 0.1) is 11.3 Å². The average Bonchev–Trinajstić information content (AvgIpc) is 2.48. The zero-order chi connectivity index (χ0) is 10.0. The minimum Gasteiger partial charge on any atom is -0.376 e. The van der Waals surface area contributed by atoms with Crippen molar-refractivity contribution in [2.45, 2.75) is 51.6 Å². The summed E-state index contributed by atoms with van der Waals surface area (Å²) in [6.07, 6.45) is 8.45. The lowest BCUT2D eigenvalue weighted by Crippen LogP contribution is -2.36. The first-order valence-corrected chi connectivity index (χ1v) is 6.08. The van der Waals surface area contributed by atoms with Crippen LogP contribution >= 0.6 is 0 Å². The molecule has 3 atom stereocenters. The summed E-state index contributed by atoms with van der Waals surface area (Å²) in [4.78, 5) is 0. The van der Waals surface area contributed by atoms with E-state index in [0.717, 1.165) is 12.5 Å². The van der Waals surface area contributed by atoms with Gasteiger partial charge in [0.25, 0.3) is 0 Å². The molecule has 1 saturated carbocycles. The third-order valence-corrected chi connectivity index (χ3v) is 4.32. The fourth-order valence-electron chi connectivity index (χ4n) is 3.24. The molecular formula is C12H23NO. The largest absolute Gasteiger partial charge is 0.376 e. The van der Waals surface area contributed by atoms with Gasteiger partial charge in [-0.05, 0) is 25.2 Å². The van der Waals surface area contributed by atoms with Crippen LogP contribution in [-0.2, 0) is 4.74 Å². The number of hydrogen-bond donors (Lipinski definition) is 1. The molecule has 2 N–H and O–H groups in total. The van der Waals surface area contributed by atoms with Crippen LogP contribution in [0.1, 0.15) is 45.4 Å². The molecule has 1 aliphatic heterocycles. The van der Waals surface area contributed by atoms with Gasteiger partial charge in [-0.3, -0.25) is 0 Å². The molecule has 1 aliphatic carbocycles. The molecule has 1 spiro atoms. The highest BCUT2D eigenvalue weighted by molar-refractivity contribution is 4.93. The molecule has 0 bridgehead atoms. The smallest absolute Gasteiger partial charge is 0.0754 e. The highest BCUT2D eigenvalue weighted by Gasteiger charge is 2.43. The summed E-state index contributed by atoms with van der Waals surface area (Å²) in [5.74, 6) is 0.911. The molecule has 3 unspecified atom stereocenters. The quantitative estimate of drug-likeness (QED) is 0.700. The Labute approximate surface area is 87.2 Å². The molecule has 14 heavy (non-hydrogen) atoms. The van der Waals surface area contributed by atoms with Gasteiger partial charge < -0.3 is 10.5 Å². The maximum atomic E-state index is 5.80. The van der Waals surface area contributed by atoms with E-state index < -0.39 is 0 Å². The van der Waals surface area contributed by atoms with Crippen LogP contribution in [-0.4, -0.2) is 19.3 Å². The van der Waals surface area contributed by atoms with E-state index in [1.165, 1.54) is 38.5 Å². The molecule has 0 amide bonds. The second-order valence-corrected chi connectivity index (χ2v) is 5.24. The van der Waals surface area contributed by atoms with E-state index in [2.05, 4.69) is 6.92 Å². The summed E-state index contributed by atoms with van der Waals surface area (Å²) in [7, 11) is 0. The van der Waals surface area contributed by atoms with Gasteiger partial charge in [-0.15, -0.1) is 0 Å². The van der Waals surface area contributed by atoms with Gasteiger partial charge in [0.15, 0.2) is 0 Å². The van der Waals surface area contributed by atoms with Gasteiger partial charge >= 0.3 is 0 Å². The molecular weight excluding hydrogens is 174 g/mol. The molecule has 0 radical (unpaired) electrons. The molecule has 2 aliphatic rings. The normalized spacial score (nSPS) is 44.1. The molecule has 2 rings (SSSR count). The van der Waals surface area contributed by atoms with E-state index in [9.17, 15) is 0 Å². The van der Waals surface area contributed by atoms with Crippen LogP contribution in [0.15, 0.2) is 0 Å². The van der Waals surface area contributed by atoms with Crippen molar-refractivity contribution in [2.75, 3.05) is 13.2 Å². The number of nitrogens with two attached hydrogens (primary N) is 1. The minimum atomic E-state index is 0.354. The maximum absolute atomic E-state index is 5.80. The van der Waals surface area contributed by atoms with E-state index in [1.54, 1.807) is 0 Å². The SMILES string of the molecule is CC1CCCC2(CCOC2CN)CC1. The van der Waals surface area contributed by atoms with E-state index >= 15 is 0 Å². The zero-order valence-electron chi connectivity index (χ0n) is 9.30. The highest BCUT2D eigenvalue weighted by atomic mass is 16.5. The first-order valence-electron chi connectivity index (χ1n) is 6.08. The van der Waals surface area contributed by atoms with Gasteiger partial charge in [0.2, 0.25) is 0 Å². The fraction of sp³-hybridized carbons (Fsp3) is 1.00. The van der Waals surface area contributed by atoms with Crippen LogP contribution in [0.4, 0.5) is 0 Å². The summed E-state index contributed by atoms with van der Waals surface area (Å²) in [5, 5.41) is 0. The topological polar surface area (TPSA) is 35.2 Å². The molecule has 82 valence electrons. The summed E-state index contributed by atoms with van der Waals surface area (Å²) >= 11 is 0. The van der Waals surface area contributed by atoms with E-state index in [0.29, 0.717) is 18.1 Å². The molecule has 0 aromatic heterocycles. The lowest BCUT2D eigenvalue weighted by molar-refractivity contribution is 0.0467. The Balaban J connectivity index is 2.05. The molecule has 1 heterocycles. The average molecular weight is 197 g/mol. The van der Waals surface area contributed by atoms with E-state index in [-0.39, 0.29) is 0 Å². The van der Waals surface area contributed by atoms with Crippen molar-refractivity contribution in [3.63, 3.8) is 0 Å². The number of hydrogen-bond acceptors (Lipinski definition) is 2. The Bertz CT molecular complexity index is 195. The molecule has 1 saturated heterocycles. The summed E-state index contributed by atoms with van der Waals surface area (Å²) < 4.78 is 5.76. The van der Waals surface area contributed by atoms with Crippen molar-refractivity contribution in [1.29, 1.82) is 0 Å². The second-order valence-electron chi connectivity index (χ2n) is 5.24. The lowest BCUT2D eigenvalue weighted by Gasteiger charge is -2.32. The maximum Gasteiger partial charge on any atom is 0.0754 e. The molecule has 0 aromatic carbocycles.